The molecule has 0 aliphatic carbocycles. The minimum absolute atomic E-state index is 0.00164. The third-order valence-corrected chi connectivity index (χ3v) is 7.34. The molecule has 0 spiro atoms. The second-order valence-electron chi connectivity index (χ2n) is 8.14. The van der Waals surface area contributed by atoms with Crippen LogP contribution >= 0.6 is 0 Å². The van der Waals surface area contributed by atoms with Crippen LogP contribution in [0.2, 0.25) is 0 Å². The van der Waals surface area contributed by atoms with Gasteiger partial charge in [0, 0.05) is 18.2 Å². The second-order valence-corrected chi connectivity index (χ2v) is 10.4. The van der Waals surface area contributed by atoms with Crippen LogP contribution in [0.5, 0.6) is 0 Å². The van der Waals surface area contributed by atoms with Gasteiger partial charge in [-0.25, -0.2) is 27.2 Å². The van der Waals surface area contributed by atoms with E-state index in [9.17, 15) is 22.0 Å². The molecule has 1 N–H and O–H groups in total. The average Bonchev–Trinajstić information content (AvgIpc) is 2.86. The molecule has 0 saturated carbocycles. The first-order chi connectivity index (χ1) is 17.2. The lowest BCUT2D eigenvalue weighted by atomic mass is 10.0. The topological polar surface area (TPSA) is 89.0 Å². The van der Waals surface area contributed by atoms with Crippen LogP contribution < -0.4 is 5.32 Å². The zero-order chi connectivity index (χ0) is 25.7. The highest BCUT2D eigenvalue weighted by atomic mass is 32.2. The van der Waals surface area contributed by atoms with Gasteiger partial charge in [0.1, 0.15) is 11.6 Å². The van der Waals surface area contributed by atoms with E-state index >= 15 is 0 Å². The van der Waals surface area contributed by atoms with E-state index in [1.165, 1.54) is 36.4 Å². The maximum Gasteiger partial charge on any atom is 0.231 e. The van der Waals surface area contributed by atoms with Crippen molar-refractivity contribution < 1.29 is 22.0 Å². The van der Waals surface area contributed by atoms with E-state index in [1.807, 2.05) is 0 Å². The van der Waals surface area contributed by atoms with Gasteiger partial charge in [-0.3, -0.25) is 10.1 Å². The summed E-state index contributed by atoms with van der Waals surface area (Å²) >= 11 is 0. The van der Waals surface area contributed by atoms with Crippen molar-refractivity contribution in [2.45, 2.75) is 24.7 Å². The first-order valence-corrected chi connectivity index (χ1v) is 12.9. The van der Waals surface area contributed by atoms with E-state index in [0.717, 1.165) is 5.56 Å². The van der Waals surface area contributed by atoms with Gasteiger partial charge in [-0.05, 0) is 53.1 Å². The molecule has 3 aromatic carbocycles. The molecular formula is C27H23F2N3O3S. The molecule has 36 heavy (non-hydrogen) atoms. The number of benzene rings is 3. The zero-order valence-electron chi connectivity index (χ0n) is 19.4. The fourth-order valence-electron chi connectivity index (χ4n) is 3.61. The third-order valence-electron chi connectivity index (χ3n) is 5.59. The summed E-state index contributed by atoms with van der Waals surface area (Å²) in [5.41, 5.74) is 3.38. The number of hydrogen-bond acceptors (Lipinski definition) is 5. The summed E-state index contributed by atoms with van der Waals surface area (Å²) in [5, 5.41) is 2.67. The third kappa shape index (κ3) is 6.17. The normalized spacial score (nSPS) is 11.3. The van der Waals surface area contributed by atoms with E-state index in [-0.39, 0.29) is 40.6 Å². The number of carbonyl (C=O) groups is 1. The molecule has 0 radical (unpaired) electrons. The van der Waals surface area contributed by atoms with Gasteiger partial charge in [-0.1, -0.05) is 43.3 Å². The van der Waals surface area contributed by atoms with Crippen LogP contribution in [0, 0.1) is 11.6 Å². The number of aromatic nitrogens is 2. The standard InChI is InChI=1S/C27H23F2N3O3S/c1-2-36(34,35)23-13-5-19(6-14-23)16-26(33)32-27-30-17-24(20-7-11-22(29)12-8-20)25(31-27)15-18-3-9-21(28)10-4-18/h3-14,17H,2,15-16H2,1H3,(H,30,31,32,33). The van der Waals surface area contributed by atoms with Gasteiger partial charge < -0.3 is 0 Å². The molecule has 184 valence electrons. The SMILES string of the molecule is CCS(=O)(=O)c1ccc(CC(=O)Nc2ncc(-c3ccc(F)cc3)c(Cc3ccc(F)cc3)n2)cc1. The number of nitrogens with one attached hydrogen (secondary N) is 1. The highest BCUT2D eigenvalue weighted by molar-refractivity contribution is 7.91. The maximum absolute atomic E-state index is 13.4. The zero-order valence-corrected chi connectivity index (χ0v) is 20.2. The largest absolute Gasteiger partial charge is 0.294 e. The Morgan fingerprint density at radius 1 is 0.861 bits per heavy atom. The van der Waals surface area contributed by atoms with E-state index < -0.39 is 9.84 Å². The van der Waals surface area contributed by atoms with Crippen LogP contribution in [0.3, 0.4) is 0 Å². The quantitative estimate of drug-likeness (QED) is 0.363. The van der Waals surface area contributed by atoms with Gasteiger partial charge >= 0.3 is 0 Å². The molecule has 0 saturated heterocycles. The number of anilines is 1. The molecule has 0 unspecified atom stereocenters. The van der Waals surface area contributed by atoms with Crippen LogP contribution in [0.25, 0.3) is 11.1 Å². The molecule has 1 aromatic heterocycles. The van der Waals surface area contributed by atoms with E-state index in [4.69, 9.17) is 0 Å². The van der Waals surface area contributed by atoms with Crippen LogP contribution in [-0.2, 0) is 27.5 Å². The van der Waals surface area contributed by atoms with Crippen molar-refractivity contribution in [3.63, 3.8) is 0 Å². The number of nitrogens with zero attached hydrogens (tertiary/aromatic N) is 2. The number of amides is 1. The fourth-order valence-corrected chi connectivity index (χ4v) is 4.50. The minimum Gasteiger partial charge on any atom is -0.294 e. The predicted octanol–water partition coefficient (Wildman–Crippen LogP) is 4.99. The minimum atomic E-state index is -3.32. The molecule has 4 rings (SSSR count). The smallest absolute Gasteiger partial charge is 0.231 e. The Labute approximate surface area is 208 Å². The van der Waals surface area contributed by atoms with Crippen molar-refractivity contribution in [3.05, 3.63) is 107 Å². The number of hydrogen-bond donors (Lipinski definition) is 1. The van der Waals surface area contributed by atoms with Gasteiger partial charge in [0.2, 0.25) is 11.9 Å². The summed E-state index contributed by atoms with van der Waals surface area (Å²) in [5.74, 6) is -1.01. The van der Waals surface area contributed by atoms with E-state index in [2.05, 4.69) is 15.3 Å². The second kappa shape index (κ2) is 10.7. The number of carbonyl (C=O) groups excluding carboxylic acids is 1. The summed E-state index contributed by atoms with van der Waals surface area (Å²) < 4.78 is 50.7. The van der Waals surface area contributed by atoms with Crippen molar-refractivity contribution >= 4 is 21.7 Å². The highest BCUT2D eigenvalue weighted by Gasteiger charge is 2.14. The summed E-state index contributed by atoms with van der Waals surface area (Å²) in [6.07, 6.45) is 1.90. The summed E-state index contributed by atoms with van der Waals surface area (Å²) in [4.78, 5) is 21.6. The molecule has 1 heterocycles. The molecule has 0 aliphatic rings. The molecule has 1 amide bonds. The van der Waals surface area contributed by atoms with Gasteiger partial charge in [0.15, 0.2) is 9.84 Å². The molecule has 0 bridgehead atoms. The van der Waals surface area contributed by atoms with E-state index in [0.29, 0.717) is 28.8 Å². The molecule has 0 fully saturated rings. The Bertz CT molecular complexity index is 1470. The Kier molecular flexibility index (Phi) is 7.49. The fraction of sp³-hybridized carbons (Fsp3) is 0.148. The lowest BCUT2D eigenvalue weighted by Gasteiger charge is -2.12. The Balaban J connectivity index is 1.55. The van der Waals surface area contributed by atoms with Crippen molar-refractivity contribution in [1.82, 2.24) is 9.97 Å². The molecule has 6 nitrogen and oxygen atoms in total. The summed E-state index contributed by atoms with van der Waals surface area (Å²) in [6, 6.07) is 18.1. The Hall–Kier alpha value is -3.98. The Morgan fingerprint density at radius 3 is 2.06 bits per heavy atom. The number of sulfone groups is 1. The van der Waals surface area contributed by atoms with Gasteiger partial charge in [-0.2, -0.15) is 0 Å². The monoisotopic (exact) mass is 507 g/mol. The predicted molar refractivity (Wildman–Crippen MR) is 133 cm³/mol. The number of rotatable bonds is 8. The first-order valence-electron chi connectivity index (χ1n) is 11.2. The maximum atomic E-state index is 13.4. The summed E-state index contributed by atoms with van der Waals surface area (Å²) in [6.45, 7) is 1.57. The lowest BCUT2D eigenvalue weighted by molar-refractivity contribution is -0.115. The highest BCUT2D eigenvalue weighted by Crippen LogP contribution is 2.25. The van der Waals surface area contributed by atoms with Crippen LogP contribution in [-0.4, -0.2) is 30.0 Å². The molecule has 0 atom stereocenters. The van der Waals surface area contributed by atoms with Gasteiger partial charge in [0.25, 0.3) is 0 Å². The van der Waals surface area contributed by atoms with Gasteiger partial charge in [0.05, 0.1) is 22.8 Å². The summed E-state index contributed by atoms with van der Waals surface area (Å²) in [7, 11) is -3.32. The van der Waals surface area contributed by atoms with Crippen molar-refractivity contribution in [2.24, 2.45) is 0 Å². The van der Waals surface area contributed by atoms with Crippen LogP contribution in [0.4, 0.5) is 14.7 Å². The Morgan fingerprint density at radius 2 is 1.44 bits per heavy atom. The van der Waals surface area contributed by atoms with Gasteiger partial charge in [-0.15, -0.1) is 0 Å². The average molecular weight is 508 g/mol. The number of halogens is 2. The van der Waals surface area contributed by atoms with E-state index in [1.54, 1.807) is 49.5 Å². The lowest BCUT2D eigenvalue weighted by Crippen LogP contribution is -2.17. The molecular weight excluding hydrogens is 484 g/mol. The van der Waals surface area contributed by atoms with Crippen molar-refractivity contribution in [3.8, 4) is 11.1 Å². The first kappa shape index (κ1) is 25.1. The van der Waals surface area contributed by atoms with Crippen molar-refractivity contribution in [1.29, 1.82) is 0 Å². The van der Waals surface area contributed by atoms with Crippen molar-refractivity contribution in [2.75, 3.05) is 11.1 Å². The molecule has 4 aromatic rings. The van der Waals surface area contributed by atoms with Crippen LogP contribution in [0.1, 0.15) is 23.7 Å². The van der Waals surface area contributed by atoms with Crippen LogP contribution in [0.15, 0.2) is 83.9 Å². The molecule has 0 aliphatic heterocycles. The molecule has 9 heteroatoms.